The fraction of sp³-hybridized carbons (Fsp3) is 0.222. The summed E-state index contributed by atoms with van der Waals surface area (Å²) >= 11 is 1.13. The second-order valence-corrected chi connectivity index (χ2v) is 6.32. The van der Waals surface area contributed by atoms with Crippen LogP contribution in [0.5, 0.6) is 5.75 Å². The minimum Gasteiger partial charge on any atom is -0.486 e. The van der Waals surface area contributed by atoms with Crippen LogP contribution in [-0.2, 0) is 17.9 Å². The summed E-state index contributed by atoms with van der Waals surface area (Å²) in [6, 6.07) is 5.04. The van der Waals surface area contributed by atoms with Crippen molar-refractivity contribution in [2.75, 3.05) is 12.3 Å². The lowest BCUT2D eigenvalue weighted by molar-refractivity contribution is -0.117. The molecule has 0 spiro atoms. The van der Waals surface area contributed by atoms with Crippen molar-refractivity contribution < 1.29 is 18.7 Å². The first-order valence-corrected chi connectivity index (χ1v) is 9.24. The predicted molar refractivity (Wildman–Crippen MR) is 103 cm³/mol. The summed E-state index contributed by atoms with van der Waals surface area (Å²) in [4.78, 5) is 23.3. The molecule has 0 unspecified atom stereocenters. The number of amides is 3. The molecular formula is C18H20FN5O3S. The molecule has 2 N–H and O–H groups in total. The molecule has 28 heavy (non-hydrogen) atoms. The number of thioether (sulfide) groups is 1. The highest BCUT2D eigenvalue weighted by molar-refractivity contribution is 7.99. The van der Waals surface area contributed by atoms with E-state index in [-0.39, 0.29) is 24.7 Å². The summed E-state index contributed by atoms with van der Waals surface area (Å²) < 4.78 is 20.3. The zero-order valence-electron chi connectivity index (χ0n) is 15.1. The molecule has 0 aliphatic rings. The monoisotopic (exact) mass is 405 g/mol. The van der Waals surface area contributed by atoms with Gasteiger partial charge in [-0.1, -0.05) is 23.9 Å². The molecule has 1 aromatic heterocycles. The third-order valence-corrected chi connectivity index (χ3v) is 4.25. The smallest absolute Gasteiger partial charge is 0.321 e. The molecule has 2 aromatic rings. The first-order chi connectivity index (χ1) is 13.5. The Bertz CT molecular complexity index is 838. The highest BCUT2D eigenvalue weighted by atomic mass is 32.2. The van der Waals surface area contributed by atoms with Crippen molar-refractivity contribution in [1.29, 1.82) is 0 Å². The molecule has 0 saturated carbocycles. The first-order valence-electron chi connectivity index (χ1n) is 8.26. The Balaban J connectivity index is 1.94. The summed E-state index contributed by atoms with van der Waals surface area (Å²) in [5.74, 6) is 0.181. The van der Waals surface area contributed by atoms with E-state index in [1.165, 1.54) is 30.3 Å². The average molecular weight is 405 g/mol. The van der Waals surface area contributed by atoms with Crippen molar-refractivity contribution in [2.24, 2.45) is 0 Å². The summed E-state index contributed by atoms with van der Waals surface area (Å²) in [5.41, 5.74) is 0. The van der Waals surface area contributed by atoms with E-state index in [0.717, 1.165) is 11.8 Å². The van der Waals surface area contributed by atoms with Crippen LogP contribution in [0.1, 0.15) is 5.82 Å². The zero-order valence-corrected chi connectivity index (χ0v) is 15.9. The van der Waals surface area contributed by atoms with Gasteiger partial charge in [-0.3, -0.25) is 14.7 Å². The van der Waals surface area contributed by atoms with E-state index >= 15 is 0 Å². The molecule has 0 fully saturated rings. The molecule has 3 amide bonds. The normalized spacial score (nSPS) is 10.2. The molecule has 2 rings (SSSR count). The van der Waals surface area contributed by atoms with Crippen LogP contribution in [0.4, 0.5) is 9.18 Å². The van der Waals surface area contributed by atoms with Crippen molar-refractivity contribution in [2.45, 2.75) is 18.3 Å². The van der Waals surface area contributed by atoms with E-state index < -0.39 is 11.9 Å². The highest BCUT2D eigenvalue weighted by Gasteiger charge is 2.15. The van der Waals surface area contributed by atoms with Gasteiger partial charge in [0, 0.05) is 13.1 Å². The standard InChI is InChI=1S/C18H20FN5O3S/c1-3-9-20-17(26)21-16(25)12-28-18-23-22-15(24(18)10-4-2)11-27-14-7-5-13(19)6-8-14/h3-8H,1-2,9-12H2,(H2,20,21,25,26). The number of urea groups is 1. The molecule has 0 saturated heterocycles. The van der Waals surface area contributed by atoms with Gasteiger partial charge in [0.1, 0.15) is 18.2 Å². The van der Waals surface area contributed by atoms with Crippen LogP contribution in [0.25, 0.3) is 0 Å². The topological polar surface area (TPSA) is 98.1 Å². The predicted octanol–water partition coefficient (Wildman–Crippen LogP) is 2.29. The summed E-state index contributed by atoms with van der Waals surface area (Å²) in [7, 11) is 0. The van der Waals surface area contributed by atoms with Crippen molar-refractivity contribution in [3.05, 3.63) is 61.2 Å². The molecule has 8 nitrogen and oxygen atoms in total. The number of nitrogens with zero attached hydrogens (tertiary/aromatic N) is 3. The molecular weight excluding hydrogens is 385 g/mol. The molecule has 0 atom stereocenters. The van der Waals surface area contributed by atoms with Crippen LogP contribution >= 0.6 is 11.8 Å². The Labute approximate surface area is 165 Å². The van der Waals surface area contributed by atoms with E-state index in [1.807, 2.05) is 0 Å². The van der Waals surface area contributed by atoms with Crippen LogP contribution in [0.2, 0.25) is 0 Å². The molecule has 148 valence electrons. The van der Waals surface area contributed by atoms with Crippen LogP contribution in [0.3, 0.4) is 0 Å². The highest BCUT2D eigenvalue weighted by Crippen LogP contribution is 2.19. The number of hydrogen-bond acceptors (Lipinski definition) is 6. The van der Waals surface area contributed by atoms with Gasteiger partial charge in [-0.15, -0.1) is 23.4 Å². The molecule has 10 heteroatoms. The second kappa shape index (κ2) is 10.9. The number of carbonyl (C=O) groups excluding carboxylic acids is 2. The van der Waals surface area contributed by atoms with Gasteiger partial charge in [0.05, 0.1) is 5.75 Å². The Hall–Kier alpha value is -3.14. The SMILES string of the molecule is C=CCNC(=O)NC(=O)CSc1nnc(COc2ccc(F)cc2)n1CC=C. The van der Waals surface area contributed by atoms with Crippen molar-refractivity contribution in [1.82, 2.24) is 25.4 Å². The largest absolute Gasteiger partial charge is 0.486 e. The minimum absolute atomic E-state index is 0.0182. The van der Waals surface area contributed by atoms with Gasteiger partial charge in [-0.25, -0.2) is 9.18 Å². The van der Waals surface area contributed by atoms with Crippen LogP contribution in [0, 0.1) is 5.82 Å². The average Bonchev–Trinajstić information content (AvgIpc) is 3.06. The molecule has 0 bridgehead atoms. The number of allylic oxidation sites excluding steroid dienone is 1. The number of carbonyl (C=O) groups is 2. The number of imide groups is 1. The molecule has 0 radical (unpaired) electrons. The van der Waals surface area contributed by atoms with Gasteiger partial charge in [0.25, 0.3) is 0 Å². The van der Waals surface area contributed by atoms with Gasteiger partial charge in [0.2, 0.25) is 5.91 Å². The molecule has 0 aliphatic heterocycles. The first kappa shape index (κ1) is 21.2. The quantitative estimate of drug-likeness (QED) is 0.465. The lowest BCUT2D eigenvalue weighted by Gasteiger charge is -2.09. The Morgan fingerprint density at radius 2 is 1.96 bits per heavy atom. The van der Waals surface area contributed by atoms with Crippen LogP contribution < -0.4 is 15.4 Å². The number of ether oxygens (including phenoxy) is 1. The summed E-state index contributed by atoms with van der Waals surface area (Å²) in [6.45, 7) is 7.96. The van der Waals surface area contributed by atoms with Crippen LogP contribution in [-0.4, -0.2) is 39.0 Å². The van der Waals surface area contributed by atoms with Gasteiger partial charge in [0.15, 0.2) is 11.0 Å². The number of aromatic nitrogens is 3. The summed E-state index contributed by atoms with van der Waals surface area (Å²) in [6.07, 6.45) is 3.17. The lowest BCUT2D eigenvalue weighted by atomic mass is 10.3. The van der Waals surface area contributed by atoms with E-state index in [0.29, 0.717) is 23.3 Å². The number of hydrogen-bond donors (Lipinski definition) is 2. The van der Waals surface area contributed by atoms with Gasteiger partial charge in [-0.2, -0.15) is 0 Å². The van der Waals surface area contributed by atoms with Gasteiger partial charge in [-0.05, 0) is 24.3 Å². The van der Waals surface area contributed by atoms with E-state index in [9.17, 15) is 14.0 Å². The third kappa shape index (κ3) is 6.54. The Morgan fingerprint density at radius 1 is 1.21 bits per heavy atom. The second-order valence-electron chi connectivity index (χ2n) is 5.38. The van der Waals surface area contributed by atoms with Crippen molar-refractivity contribution in [3.8, 4) is 5.75 Å². The maximum absolute atomic E-state index is 13.0. The van der Waals surface area contributed by atoms with Gasteiger partial charge < -0.3 is 10.1 Å². The third-order valence-electron chi connectivity index (χ3n) is 3.28. The minimum atomic E-state index is -0.591. The van der Waals surface area contributed by atoms with E-state index in [2.05, 4.69) is 34.0 Å². The number of rotatable bonds is 10. The maximum Gasteiger partial charge on any atom is 0.321 e. The fourth-order valence-electron chi connectivity index (χ4n) is 2.03. The molecule has 1 heterocycles. The number of nitrogens with one attached hydrogen (secondary N) is 2. The number of halogens is 1. The fourth-order valence-corrected chi connectivity index (χ4v) is 2.79. The molecule has 0 aliphatic carbocycles. The zero-order chi connectivity index (χ0) is 20.4. The summed E-state index contributed by atoms with van der Waals surface area (Å²) in [5, 5.41) is 13.3. The lowest BCUT2D eigenvalue weighted by Crippen LogP contribution is -2.40. The van der Waals surface area contributed by atoms with Gasteiger partial charge >= 0.3 is 6.03 Å². The van der Waals surface area contributed by atoms with E-state index in [4.69, 9.17) is 4.74 Å². The molecule has 1 aromatic carbocycles. The van der Waals surface area contributed by atoms with E-state index in [1.54, 1.807) is 10.6 Å². The maximum atomic E-state index is 13.0. The Morgan fingerprint density at radius 3 is 2.64 bits per heavy atom. The van der Waals surface area contributed by atoms with Crippen molar-refractivity contribution >= 4 is 23.7 Å². The van der Waals surface area contributed by atoms with Crippen molar-refractivity contribution in [3.63, 3.8) is 0 Å². The Kier molecular flexibility index (Phi) is 8.22. The number of benzene rings is 1. The van der Waals surface area contributed by atoms with Crippen LogP contribution in [0.15, 0.2) is 54.7 Å².